The van der Waals surface area contributed by atoms with Crippen LogP contribution in [-0.2, 0) is 5.33 Å². The fourth-order valence-electron chi connectivity index (χ4n) is 2.25. The molecule has 18 heavy (non-hydrogen) atoms. The van der Waals surface area contributed by atoms with Crippen LogP contribution in [-0.4, -0.2) is 5.16 Å². The molecule has 0 spiro atoms. The number of hydrogen-bond acceptors (Lipinski definition) is 2. The normalized spacial score (nSPS) is 15.1. The number of alkyl halides is 1. The zero-order valence-electron chi connectivity index (χ0n) is 10.0. The van der Waals surface area contributed by atoms with Gasteiger partial charge in [0.1, 0.15) is 11.5 Å². The molecule has 94 valence electrons. The summed E-state index contributed by atoms with van der Waals surface area (Å²) < 4.78 is 5.54. The van der Waals surface area contributed by atoms with Crippen LogP contribution in [0.3, 0.4) is 0 Å². The molecule has 0 radical (unpaired) electrons. The standard InChI is InChI=1S/C14H13BrClNO/c1-8-3-2-4-11(16)12(8)13-10(7-15)14(18-17-13)9-5-6-9/h2-4,9H,5-7H2,1H3. The van der Waals surface area contributed by atoms with E-state index < -0.39 is 0 Å². The first-order valence-corrected chi connectivity index (χ1v) is 7.52. The number of halogens is 2. The maximum absolute atomic E-state index is 6.30. The SMILES string of the molecule is Cc1cccc(Cl)c1-c1noc(C2CC2)c1CBr. The van der Waals surface area contributed by atoms with Gasteiger partial charge in [-0.05, 0) is 31.4 Å². The van der Waals surface area contributed by atoms with E-state index in [0.717, 1.165) is 38.5 Å². The summed E-state index contributed by atoms with van der Waals surface area (Å²) in [6.45, 7) is 2.05. The summed E-state index contributed by atoms with van der Waals surface area (Å²) in [5.74, 6) is 1.59. The molecule has 1 fully saturated rings. The first kappa shape index (κ1) is 12.2. The average molecular weight is 327 g/mol. The van der Waals surface area contributed by atoms with Crippen molar-refractivity contribution in [3.63, 3.8) is 0 Å². The number of aromatic nitrogens is 1. The Morgan fingerprint density at radius 1 is 1.44 bits per heavy atom. The van der Waals surface area contributed by atoms with E-state index >= 15 is 0 Å². The highest BCUT2D eigenvalue weighted by molar-refractivity contribution is 9.08. The molecule has 1 aliphatic carbocycles. The van der Waals surface area contributed by atoms with Crippen molar-refractivity contribution < 1.29 is 4.52 Å². The highest BCUT2D eigenvalue weighted by atomic mass is 79.9. The van der Waals surface area contributed by atoms with Crippen molar-refractivity contribution in [2.45, 2.75) is 31.0 Å². The fraction of sp³-hybridized carbons (Fsp3) is 0.357. The lowest BCUT2D eigenvalue weighted by atomic mass is 10.0. The predicted molar refractivity (Wildman–Crippen MR) is 76.3 cm³/mol. The van der Waals surface area contributed by atoms with Crippen LogP contribution < -0.4 is 0 Å². The van der Waals surface area contributed by atoms with Gasteiger partial charge in [-0.2, -0.15) is 0 Å². The van der Waals surface area contributed by atoms with Gasteiger partial charge >= 0.3 is 0 Å². The van der Waals surface area contributed by atoms with Gasteiger partial charge in [-0.3, -0.25) is 0 Å². The minimum atomic E-state index is 0.557. The summed E-state index contributed by atoms with van der Waals surface area (Å²) in [6.07, 6.45) is 2.41. The molecule has 1 saturated carbocycles. The van der Waals surface area contributed by atoms with E-state index in [0.29, 0.717) is 5.92 Å². The third-order valence-electron chi connectivity index (χ3n) is 3.36. The molecule has 0 amide bonds. The molecule has 0 atom stereocenters. The van der Waals surface area contributed by atoms with Gasteiger partial charge in [-0.1, -0.05) is 44.8 Å². The molecule has 0 aliphatic heterocycles. The molecule has 2 nitrogen and oxygen atoms in total. The Balaban J connectivity index is 2.16. The number of nitrogens with zero attached hydrogens (tertiary/aromatic N) is 1. The van der Waals surface area contributed by atoms with Crippen LogP contribution in [0.2, 0.25) is 5.02 Å². The summed E-state index contributed by atoms with van der Waals surface area (Å²) in [4.78, 5) is 0. The lowest BCUT2D eigenvalue weighted by molar-refractivity contribution is 0.385. The predicted octanol–water partition coefficient (Wildman–Crippen LogP) is 5.08. The van der Waals surface area contributed by atoms with Crippen molar-refractivity contribution in [2.24, 2.45) is 0 Å². The number of hydrogen-bond donors (Lipinski definition) is 0. The molecular formula is C14H13BrClNO. The van der Waals surface area contributed by atoms with Crippen LogP contribution in [0.5, 0.6) is 0 Å². The highest BCUT2D eigenvalue weighted by Gasteiger charge is 2.32. The molecule has 1 heterocycles. The van der Waals surface area contributed by atoms with Crippen molar-refractivity contribution in [1.29, 1.82) is 0 Å². The molecule has 0 bridgehead atoms. The quantitative estimate of drug-likeness (QED) is 0.735. The third-order valence-corrected chi connectivity index (χ3v) is 4.23. The van der Waals surface area contributed by atoms with Crippen molar-refractivity contribution >= 4 is 27.5 Å². The molecule has 0 unspecified atom stereocenters. The van der Waals surface area contributed by atoms with Gasteiger partial charge in [0.2, 0.25) is 0 Å². The van der Waals surface area contributed by atoms with Gasteiger partial charge in [0.25, 0.3) is 0 Å². The van der Waals surface area contributed by atoms with E-state index in [2.05, 4.69) is 21.1 Å². The van der Waals surface area contributed by atoms with Crippen LogP contribution in [0.25, 0.3) is 11.3 Å². The molecule has 4 heteroatoms. The molecule has 1 aliphatic rings. The van der Waals surface area contributed by atoms with Crippen molar-refractivity contribution in [2.75, 3.05) is 0 Å². The van der Waals surface area contributed by atoms with Gasteiger partial charge in [0.05, 0.1) is 5.02 Å². The molecule has 3 rings (SSSR count). The maximum Gasteiger partial charge on any atom is 0.144 e. The lowest BCUT2D eigenvalue weighted by Crippen LogP contribution is -1.90. The Morgan fingerprint density at radius 2 is 2.22 bits per heavy atom. The van der Waals surface area contributed by atoms with Crippen LogP contribution in [0, 0.1) is 6.92 Å². The maximum atomic E-state index is 6.30. The Morgan fingerprint density at radius 3 is 2.83 bits per heavy atom. The molecule has 1 aromatic heterocycles. The molecular weight excluding hydrogens is 314 g/mol. The molecule has 2 aromatic rings. The van der Waals surface area contributed by atoms with Gasteiger partial charge in [-0.25, -0.2) is 0 Å². The third kappa shape index (κ3) is 1.99. The van der Waals surface area contributed by atoms with E-state index in [4.69, 9.17) is 16.1 Å². The topological polar surface area (TPSA) is 26.0 Å². The second kappa shape index (κ2) is 4.71. The van der Waals surface area contributed by atoms with E-state index in [1.807, 2.05) is 25.1 Å². The van der Waals surface area contributed by atoms with Crippen molar-refractivity contribution in [1.82, 2.24) is 5.16 Å². The van der Waals surface area contributed by atoms with Gasteiger partial charge < -0.3 is 4.52 Å². The lowest BCUT2D eigenvalue weighted by Gasteiger charge is -2.06. The largest absolute Gasteiger partial charge is 0.360 e. The smallest absolute Gasteiger partial charge is 0.144 e. The van der Waals surface area contributed by atoms with Crippen molar-refractivity contribution in [3.8, 4) is 11.3 Å². The van der Waals surface area contributed by atoms with E-state index in [1.54, 1.807) is 0 Å². The monoisotopic (exact) mass is 325 g/mol. The minimum Gasteiger partial charge on any atom is -0.360 e. The first-order chi connectivity index (χ1) is 8.72. The van der Waals surface area contributed by atoms with Crippen LogP contribution in [0.4, 0.5) is 0 Å². The van der Waals surface area contributed by atoms with Gasteiger partial charge in [0.15, 0.2) is 0 Å². The summed E-state index contributed by atoms with van der Waals surface area (Å²) >= 11 is 9.84. The second-order valence-corrected chi connectivity index (χ2v) is 5.68. The van der Waals surface area contributed by atoms with Crippen molar-refractivity contribution in [3.05, 3.63) is 40.1 Å². The summed E-state index contributed by atoms with van der Waals surface area (Å²) in [5.41, 5.74) is 4.15. The van der Waals surface area contributed by atoms with Gasteiger partial charge in [-0.15, -0.1) is 0 Å². The van der Waals surface area contributed by atoms with Crippen LogP contribution in [0.1, 0.15) is 35.6 Å². The molecule has 0 N–H and O–H groups in total. The minimum absolute atomic E-state index is 0.557. The Kier molecular flexibility index (Phi) is 3.20. The van der Waals surface area contributed by atoms with Crippen LogP contribution >= 0.6 is 27.5 Å². The summed E-state index contributed by atoms with van der Waals surface area (Å²) in [7, 11) is 0. The Labute approximate surface area is 119 Å². The van der Waals surface area contributed by atoms with E-state index in [9.17, 15) is 0 Å². The van der Waals surface area contributed by atoms with E-state index in [1.165, 1.54) is 12.8 Å². The fourth-order valence-corrected chi connectivity index (χ4v) is 3.10. The molecule has 1 aromatic carbocycles. The molecule has 0 saturated heterocycles. The zero-order chi connectivity index (χ0) is 12.7. The zero-order valence-corrected chi connectivity index (χ0v) is 12.4. The van der Waals surface area contributed by atoms with E-state index in [-0.39, 0.29) is 0 Å². The first-order valence-electron chi connectivity index (χ1n) is 6.02. The Bertz CT molecular complexity index is 569. The number of benzene rings is 1. The average Bonchev–Trinajstić information content (AvgIpc) is 3.10. The number of rotatable bonds is 3. The second-order valence-electron chi connectivity index (χ2n) is 4.71. The Hall–Kier alpha value is -0.800. The highest BCUT2D eigenvalue weighted by Crippen LogP contribution is 2.45. The van der Waals surface area contributed by atoms with Crippen LogP contribution in [0.15, 0.2) is 22.7 Å². The van der Waals surface area contributed by atoms with Gasteiger partial charge in [0, 0.05) is 22.4 Å². The number of aryl methyl sites for hydroxylation is 1. The summed E-state index contributed by atoms with van der Waals surface area (Å²) in [6, 6.07) is 5.90. The summed E-state index contributed by atoms with van der Waals surface area (Å²) in [5, 5.41) is 5.73.